The van der Waals surface area contributed by atoms with Crippen LogP contribution in [-0.4, -0.2) is 40.3 Å². The van der Waals surface area contributed by atoms with Crippen molar-refractivity contribution in [3.8, 4) is 0 Å². The Labute approximate surface area is 133 Å². The van der Waals surface area contributed by atoms with E-state index in [4.69, 9.17) is 0 Å². The van der Waals surface area contributed by atoms with Crippen molar-refractivity contribution in [1.82, 2.24) is 14.6 Å². The molecule has 6 nitrogen and oxygen atoms in total. The standard InChI is InChI=1S/C14H13F4N3O3/c1-20(8-14(16,17)18)12(22)7-21-11(19-24-13(21)23)6-9-2-4-10(15)5-3-9/h2-5H,6-8H2,1H3. The van der Waals surface area contributed by atoms with Crippen LogP contribution >= 0.6 is 0 Å². The molecule has 10 heteroatoms. The highest BCUT2D eigenvalue weighted by molar-refractivity contribution is 5.75. The van der Waals surface area contributed by atoms with Gasteiger partial charge < -0.3 is 4.90 Å². The molecule has 0 radical (unpaired) electrons. The van der Waals surface area contributed by atoms with Crippen molar-refractivity contribution in [3.63, 3.8) is 0 Å². The predicted octanol–water partition coefficient (Wildman–Crippen LogP) is 1.59. The lowest BCUT2D eigenvalue weighted by Crippen LogP contribution is -2.39. The highest BCUT2D eigenvalue weighted by Crippen LogP contribution is 2.16. The summed E-state index contributed by atoms with van der Waals surface area (Å²) in [6.07, 6.45) is -4.48. The average molecular weight is 347 g/mol. The lowest BCUT2D eigenvalue weighted by molar-refractivity contribution is -0.158. The van der Waals surface area contributed by atoms with E-state index in [1.54, 1.807) is 0 Å². The van der Waals surface area contributed by atoms with Crippen LogP contribution < -0.4 is 5.76 Å². The Morgan fingerprint density at radius 1 is 1.29 bits per heavy atom. The van der Waals surface area contributed by atoms with Crippen molar-refractivity contribution in [3.05, 3.63) is 52.0 Å². The van der Waals surface area contributed by atoms with E-state index >= 15 is 0 Å². The van der Waals surface area contributed by atoms with E-state index in [1.165, 1.54) is 24.3 Å². The Balaban J connectivity index is 2.13. The molecule has 0 unspecified atom stereocenters. The highest BCUT2D eigenvalue weighted by Gasteiger charge is 2.31. The number of nitrogens with zero attached hydrogens (tertiary/aromatic N) is 3. The topological polar surface area (TPSA) is 68.3 Å². The smallest absolute Gasteiger partial charge is 0.335 e. The predicted molar refractivity (Wildman–Crippen MR) is 73.7 cm³/mol. The van der Waals surface area contributed by atoms with Crippen LogP contribution in [0, 0.1) is 5.82 Å². The van der Waals surface area contributed by atoms with E-state index in [0.29, 0.717) is 10.5 Å². The summed E-state index contributed by atoms with van der Waals surface area (Å²) < 4.78 is 55.1. The molecule has 1 aromatic heterocycles. The number of halogens is 4. The summed E-state index contributed by atoms with van der Waals surface area (Å²) in [6.45, 7) is -2.06. The first-order valence-electron chi connectivity index (χ1n) is 6.76. The minimum absolute atomic E-state index is 0.0559. The first-order chi connectivity index (χ1) is 11.2. The zero-order valence-corrected chi connectivity index (χ0v) is 12.5. The number of rotatable bonds is 5. The lowest BCUT2D eigenvalue weighted by atomic mass is 10.1. The van der Waals surface area contributed by atoms with E-state index < -0.39 is 36.7 Å². The fourth-order valence-electron chi connectivity index (χ4n) is 1.98. The van der Waals surface area contributed by atoms with Crippen molar-refractivity contribution in [2.45, 2.75) is 19.1 Å². The largest absolute Gasteiger partial charge is 0.442 e. The second kappa shape index (κ2) is 6.85. The van der Waals surface area contributed by atoms with E-state index in [0.717, 1.165) is 11.6 Å². The monoisotopic (exact) mass is 347 g/mol. The first-order valence-corrected chi connectivity index (χ1v) is 6.76. The number of carbonyl (C=O) groups is 1. The maximum absolute atomic E-state index is 12.9. The molecular formula is C14H13F4N3O3. The Morgan fingerprint density at radius 2 is 1.92 bits per heavy atom. The molecule has 0 saturated carbocycles. The van der Waals surface area contributed by atoms with Crippen LogP contribution in [0.25, 0.3) is 0 Å². The third-order valence-corrected chi connectivity index (χ3v) is 3.17. The molecule has 1 aromatic carbocycles. The summed E-state index contributed by atoms with van der Waals surface area (Å²) in [4.78, 5) is 23.9. The fourth-order valence-corrected chi connectivity index (χ4v) is 1.98. The molecule has 0 aliphatic carbocycles. The molecule has 24 heavy (non-hydrogen) atoms. The second-order valence-corrected chi connectivity index (χ2v) is 5.12. The molecule has 1 heterocycles. The fraction of sp³-hybridized carbons (Fsp3) is 0.357. The van der Waals surface area contributed by atoms with Gasteiger partial charge in [-0.3, -0.25) is 13.9 Å². The summed E-state index contributed by atoms with van der Waals surface area (Å²) in [6, 6.07) is 5.33. The Bertz CT molecular complexity index is 765. The van der Waals surface area contributed by atoms with Gasteiger partial charge in [0.25, 0.3) is 0 Å². The molecule has 0 aliphatic heterocycles. The molecule has 0 saturated heterocycles. The van der Waals surface area contributed by atoms with Gasteiger partial charge in [0.1, 0.15) is 18.9 Å². The van der Waals surface area contributed by atoms with Crippen LogP contribution in [0.15, 0.2) is 33.6 Å². The highest BCUT2D eigenvalue weighted by atomic mass is 19.4. The van der Waals surface area contributed by atoms with Crippen molar-refractivity contribution < 1.29 is 26.9 Å². The van der Waals surface area contributed by atoms with Gasteiger partial charge >= 0.3 is 11.9 Å². The van der Waals surface area contributed by atoms with Gasteiger partial charge in [0, 0.05) is 13.5 Å². The number of hydrogen-bond acceptors (Lipinski definition) is 4. The number of carbonyl (C=O) groups excluding carboxylic acids is 1. The number of alkyl halides is 3. The van der Waals surface area contributed by atoms with Crippen LogP contribution in [0.5, 0.6) is 0 Å². The van der Waals surface area contributed by atoms with E-state index in [9.17, 15) is 27.2 Å². The van der Waals surface area contributed by atoms with Gasteiger partial charge in [0.2, 0.25) is 5.91 Å². The van der Waals surface area contributed by atoms with Crippen LogP contribution in [-0.2, 0) is 17.8 Å². The molecule has 2 rings (SSSR count). The normalized spacial score (nSPS) is 11.5. The number of benzene rings is 1. The summed E-state index contributed by atoms with van der Waals surface area (Å²) in [5.41, 5.74) is 0.592. The van der Waals surface area contributed by atoms with Crippen LogP contribution in [0.2, 0.25) is 0 Å². The van der Waals surface area contributed by atoms with Crippen molar-refractivity contribution in [1.29, 1.82) is 0 Å². The molecule has 2 aromatic rings. The van der Waals surface area contributed by atoms with Crippen molar-refractivity contribution in [2.75, 3.05) is 13.6 Å². The van der Waals surface area contributed by atoms with Crippen LogP contribution in [0.1, 0.15) is 11.4 Å². The number of amides is 1. The van der Waals surface area contributed by atoms with Gasteiger partial charge in [0.15, 0.2) is 5.82 Å². The summed E-state index contributed by atoms with van der Waals surface area (Å²) in [5, 5.41) is 3.51. The Hall–Kier alpha value is -2.65. The summed E-state index contributed by atoms with van der Waals surface area (Å²) in [5.74, 6) is -2.26. The van der Waals surface area contributed by atoms with Crippen molar-refractivity contribution in [2.24, 2.45) is 0 Å². The third kappa shape index (κ3) is 4.67. The van der Waals surface area contributed by atoms with E-state index in [-0.39, 0.29) is 12.2 Å². The molecular weight excluding hydrogens is 334 g/mol. The third-order valence-electron chi connectivity index (χ3n) is 3.17. The van der Waals surface area contributed by atoms with Crippen LogP contribution in [0.4, 0.5) is 17.6 Å². The van der Waals surface area contributed by atoms with Gasteiger partial charge in [-0.05, 0) is 17.7 Å². The SMILES string of the molecule is CN(CC(F)(F)F)C(=O)Cn1c(Cc2ccc(F)cc2)noc1=O. The number of hydrogen-bond donors (Lipinski definition) is 0. The van der Waals surface area contributed by atoms with Gasteiger partial charge in [-0.25, -0.2) is 9.18 Å². The molecule has 130 valence electrons. The van der Waals surface area contributed by atoms with Crippen LogP contribution in [0.3, 0.4) is 0 Å². The molecule has 0 bridgehead atoms. The molecule has 0 fully saturated rings. The summed E-state index contributed by atoms with van der Waals surface area (Å²) >= 11 is 0. The number of aromatic nitrogens is 2. The first kappa shape index (κ1) is 17.7. The minimum Gasteiger partial charge on any atom is -0.335 e. The quantitative estimate of drug-likeness (QED) is 0.771. The summed E-state index contributed by atoms with van der Waals surface area (Å²) in [7, 11) is 0.980. The second-order valence-electron chi connectivity index (χ2n) is 5.12. The Morgan fingerprint density at radius 3 is 2.50 bits per heavy atom. The van der Waals surface area contributed by atoms with Gasteiger partial charge in [0.05, 0.1) is 0 Å². The Kier molecular flexibility index (Phi) is 5.05. The van der Waals surface area contributed by atoms with Gasteiger partial charge in [-0.2, -0.15) is 13.2 Å². The molecule has 0 aliphatic rings. The molecule has 0 spiro atoms. The van der Waals surface area contributed by atoms with E-state index in [2.05, 4.69) is 9.68 Å². The molecule has 0 N–H and O–H groups in total. The van der Waals surface area contributed by atoms with Crippen molar-refractivity contribution >= 4 is 5.91 Å². The van der Waals surface area contributed by atoms with Gasteiger partial charge in [-0.15, -0.1) is 0 Å². The van der Waals surface area contributed by atoms with Gasteiger partial charge in [-0.1, -0.05) is 17.3 Å². The zero-order valence-electron chi connectivity index (χ0n) is 12.5. The maximum Gasteiger partial charge on any atom is 0.442 e. The maximum atomic E-state index is 12.9. The number of likely N-dealkylation sites (N-methyl/N-ethyl adjacent to an activating group) is 1. The van der Waals surface area contributed by atoms with E-state index in [1.807, 2.05) is 0 Å². The molecule has 1 amide bonds. The molecule has 0 atom stereocenters. The minimum atomic E-state index is -4.54. The lowest BCUT2D eigenvalue weighted by Gasteiger charge is -2.19. The zero-order chi connectivity index (χ0) is 17.9. The average Bonchev–Trinajstić information content (AvgIpc) is 2.81.